The Hall–Kier alpha value is -3.50. The molecule has 4 rings (SSSR count). The van der Waals surface area contributed by atoms with Gasteiger partial charge in [-0.1, -0.05) is 68.3 Å². The molecular weight excluding hydrogens is 470 g/mol. The number of ether oxygens (including phenoxy) is 1. The molecule has 0 spiro atoms. The van der Waals surface area contributed by atoms with Crippen LogP contribution in [-0.2, 0) is 17.6 Å². The van der Waals surface area contributed by atoms with Crippen molar-refractivity contribution in [2.75, 3.05) is 0 Å². The zero-order chi connectivity index (χ0) is 25.9. The molecule has 4 aromatic rings. The Balaban J connectivity index is 1.57. The summed E-state index contributed by atoms with van der Waals surface area (Å²) >= 11 is 6.42. The predicted molar refractivity (Wildman–Crippen MR) is 145 cm³/mol. The molecule has 4 nitrogen and oxygen atoms in total. The Morgan fingerprint density at radius 1 is 0.944 bits per heavy atom. The van der Waals surface area contributed by atoms with E-state index in [0.717, 1.165) is 27.5 Å². The normalized spacial score (nSPS) is 11.5. The molecule has 0 aliphatic heterocycles. The van der Waals surface area contributed by atoms with Crippen molar-refractivity contribution in [3.63, 3.8) is 0 Å². The molecule has 0 radical (unpaired) electrons. The Kier molecular flexibility index (Phi) is 7.56. The van der Waals surface area contributed by atoms with Gasteiger partial charge in [0.05, 0.1) is 5.02 Å². The molecule has 3 aromatic carbocycles. The SMILES string of the molecule is Cc1ccc(Oc2nccc3c(CC(=O)c4cc(CCC(=O)C(C)(C)C)ccc4Cl)cccc23)cc1. The largest absolute Gasteiger partial charge is 0.438 e. The van der Waals surface area contributed by atoms with Gasteiger partial charge in [0.2, 0.25) is 5.88 Å². The van der Waals surface area contributed by atoms with Crippen molar-refractivity contribution >= 4 is 33.9 Å². The third kappa shape index (κ3) is 6.00. The van der Waals surface area contributed by atoms with Crippen LogP contribution in [0.2, 0.25) is 5.02 Å². The molecule has 0 unspecified atom stereocenters. The number of carbonyl (C=O) groups is 2. The van der Waals surface area contributed by atoms with Gasteiger partial charge in [-0.05, 0) is 66.3 Å². The van der Waals surface area contributed by atoms with Crippen LogP contribution in [0.25, 0.3) is 10.8 Å². The first-order valence-electron chi connectivity index (χ1n) is 12.1. The first-order valence-corrected chi connectivity index (χ1v) is 12.5. The third-order valence-corrected chi connectivity index (χ3v) is 6.58. The monoisotopic (exact) mass is 499 g/mol. The van der Waals surface area contributed by atoms with Gasteiger partial charge in [-0.15, -0.1) is 0 Å². The van der Waals surface area contributed by atoms with E-state index in [9.17, 15) is 9.59 Å². The van der Waals surface area contributed by atoms with Gasteiger partial charge in [0.25, 0.3) is 0 Å². The fourth-order valence-electron chi connectivity index (χ4n) is 4.04. The summed E-state index contributed by atoms with van der Waals surface area (Å²) in [6.07, 6.45) is 2.89. The summed E-state index contributed by atoms with van der Waals surface area (Å²) in [5.41, 5.74) is 3.04. The van der Waals surface area contributed by atoms with Crippen LogP contribution in [0.1, 0.15) is 54.2 Å². The summed E-state index contributed by atoms with van der Waals surface area (Å²) in [5.74, 6) is 1.32. The molecule has 0 aliphatic rings. The van der Waals surface area contributed by atoms with Gasteiger partial charge in [-0.25, -0.2) is 4.98 Å². The van der Waals surface area contributed by atoms with Crippen molar-refractivity contribution in [2.24, 2.45) is 5.41 Å². The van der Waals surface area contributed by atoms with Crippen molar-refractivity contribution in [1.82, 2.24) is 4.98 Å². The van der Waals surface area contributed by atoms with Gasteiger partial charge in [0.15, 0.2) is 5.78 Å². The van der Waals surface area contributed by atoms with E-state index in [4.69, 9.17) is 16.3 Å². The molecule has 36 heavy (non-hydrogen) atoms. The second kappa shape index (κ2) is 10.6. The van der Waals surface area contributed by atoms with Gasteiger partial charge in [-0.3, -0.25) is 9.59 Å². The zero-order valence-corrected chi connectivity index (χ0v) is 21.9. The number of benzene rings is 3. The second-order valence-electron chi connectivity index (χ2n) is 10.1. The van der Waals surface area contributed by atoms with Crippen molar-refractivity contribution in [3.8, 4) is 11.6 Å². The highest BCUT2D eigenvalue weighted by atomic mass is 35.5. The Bertz CT molecular complexity index is 1420. The summed E-state index contributed by atoms with van der Waals surface area (Å²) in [6, 6.07) is 20.9. The average molecular weight is 500 g/mol. The van der Waals surface area contributed by atoms with Crippen molar-refractivity contribution in [2.45, 2.75) is 47.0 Å². The number of Topliss-reactive ketones (excluding diaryl/α,β-unsaturated/α-hetero) is 2. The van der Waals surface area contributed by atoms with Crippen LogP contribution in [0.5, 0.6) is 11.6 Å². The van der Waals surface area contributed by atoms with E-state index in [1.54, 1.807) is 12.3 Å². The van der Waals surface area contributed by atoms with E-state index < -0.39 is 0 Å². The van der Waals surface area contributed by atoms with Gasteiger partial charge in [0.1, 0.15) is 11.5 Å². The molecule has 0 amide bonds. The van der Waals surface area contributed by atoms with E-state index in [1.807, 2.05) is 88.4 Å². The van der Waals surface area contributed by atoms with Crippen LogP contribution < -0.4 is 4.74 Å². The number of pyridine rings is 1. The van der Waals surface area contributed by atoms with Crippen LogP contribution in [0.3, 0.4) is 0 Å². The molecule has 0 saturated heterocycles. The number of aromatic nitrogens is 1. The number of halogens is 1. The van der Waals surface area contributed by atoms with E-state index in [-0.39, 0.29) is 23.4 Å². The fourth-order valence-corrected chi connectivity index (χ4v) is 4.26. The van der Waals surface area contributed by atoms with Crippen molar-refractivity contribution in [3.05, 3.63) is 100 Å². The Labute approximate surface area is 217 Å². The summed E-state index contributed by atoms with van der Waals surface area (Å²) in [4.78, 5) is 30.1. The number of nitrogens with zero attached hydrogens (tertiary/aromatic N) is 1. The Morgan fingerprint density at radius 3 is 2.42 bits per heavy atom. The van der Waals surface area contributed by atoms with E-state index in [2.05, 4.69) is 4.98 Å². The van der Waals surface area contributed by atoms with Crippen LogP contribution in [0, 0.1) is 12.3 Å². The molecule has 0 aliphatic carbocycles. The maximum absolute atomic E-state index is 13.3. The summed E-state index contributed by atoms with van der Waals surface area (Å²) < 4.78 is 6.05. The van der Waals surface area contributed by atoms with Gasteiger partial charge in [-0.2, -0.15) is 0 Å². The highest BCUT2D eigenvalue weighted by molar-refractivity contribution is 6.34. The van der Waals surface area contributed by atoms with Crippen molar-refractivity contribution in [1.29, 1.82) is 0 Å². The molecule has 5 heteroatoms. The fraction of sp³-hybridized carbons (Fsp3) is 0.258. The lowest BCUT2D eigenvalue weighted by Gasteiger charge is -2.16. The average Bonchev–Trinajstić information content (AvgIpc) is 2.84. The van der Waals surface area contributed by atoms with Crippen LogP contribution in [-0.4, -0.2) is 16.6 Å². The minimum atomic E-state index is -0.379. The number of ketones is 2. The number of fused-ring (bicyclic) bond motifs is 1. The molecule has 184 valence electrons. The van der Waals surface area contributed by atoms with E-state index >= 15 is 0 Å². The number of rotatable bonds is 8. The maximum Gasteiger partial charge on any atom is 0.227 e. The number of hydrogen-bond acceptors (Lipinski definition) is 4. The lowest BCUT2D eigenvalue weighted by molar-refractivity contribution is -0.126. The zero-order valence-electron chi connectivity index (χ0n) is 21.1. The number of carbonyl (C=O) groups excluding carboxylic acids is 2. The maximum atomic E-state index is 13.3. The molecule has 0 atom stereocenters. The highest BCUT2D eigenvalue weighted by Crippen LogP contribution is 2.31. The van der Waals surface area contributed by atoms with Gasteiger partial charge >= 0.3 is 0 Å². The van der Waals surface area contributed by atoms with Crippen LogP contribution in [0.15, 0.2) is 72.9 Å². The smallest absolute Gasteiger partial charge is 0.227 e. The molecule has 0 saturated carbocycles. The molecule has 0 bridgehead atoms. The minimum absolute atomic E-state index is 0.0747. The predicted octanol–water partition coefficient (Wildman–Crippen LogP) is 7.96. The first-order chi connectivity index (χ1) is 17.1. The lowest BCUT2D eigenvalue weighted by Crippen LogP contribution is -2.20. The molecular formula is C31H30ClNO3. The molecule has 1 heterocycles. The first kappa shape index (κ1) is 25.6. The standard InChI is InChI=1S/C31H30ClNO3/c1-20-8-12-23(13-9-20)36-30-25-7-5-6-22(24(25)16-17-33-30)19-28(34)26-18-21(10-14-27(26)32)11-15-29(35)31(2,3)4/h5-10,12-14,16-18H,11,15,19H2,1-4H3. The summed E-state index contributed by atoms with van der Waals surface area (Å²) in [5, 5.41) is 2.16. The molecule has 0 fully saturated rings. The third-order valence-electron chi connectivity index (χ3n) is 6.25. The number of aryl methyl sites for hydroxylation is 2. The summed E-state index contributed by atoms with van der Waals surface area (Å²) in [6.45, 7) is 7.78. The minimum Gasteiger partial charge on any atom is -0.438 e. The summed E-state index contributed by atoms with van der Waals surface area (Å²) in [7, 11) is 0. The van der Waals surface area contributed by atoms with Crippen LogP contribution >= 0.6 is 11.6 Å². The topological polar surface area (TPSA) is 56.3 Å². The second-order valence-corrected chi connectivity index (χ2v) is 10.5. The molecule has 0 N–H and O–H groups in total. The van der Waals surface area contributed by atoms with Gasteiger partial charge in [0, 0.05) is 35.4 Å². The quantitative estimate of drug-likeness (QED) is 0.231. The van der Waals surface area contributed by atoms with Crippen molar-refractivity contribution < 1.29 is 14.3 Å². The number of hydrogen-bond donors (Lipinski definition) is 0. The molecule has 1 aromatic heterocycles. The Morgan fingerprint density at radius 2 is 1.69 bits per heavy atom. The van der Waals surface area contributed by atoms with E-state index in [1.165, 1.54) is 0 Å². The van der Waals surface area contributed by atoms with E-state index in [0.29, 0.717) is 35.1 Å². The lowest BCUT2D eigenvalue weighted by atomic mass is 9.87. The van der Waals surface area contributed by atoms with Crippen LogP contribution in [0.4, 0.5) is 0 Å². The highest BCUT2D eigenvalue weighted by Gasteiger charge is 2.21. The van der Waals surface area contributed by atoms with Gasteiger partial charge < -0.3 is 4.74 Å².